The zero-order valence-electron chi connectivity index (χ0n) is 11.2. The van der Waals surface area contributed by atoms with Crippen LogP contribution in [0.4, 0.5) is 5.82 Å². The van der Waals surface area contributed by atoms with Crippen LogP contribution in [0.25, 0.3) is 11.2 Å². The summed E-state index contributed by atoms with van der Waals surface area (Å²) >= 11 is 0. The summed E-state index contributed by atoms with van der Waals surface area (Å²) in [7, 11) is -0.605. The van der Waals surface area contributed by atoms with Gasteiger partial charge in [0.25, 0.3) is 0 Å². The first-order valence-corrected chi connectivity index (χ1v) is 8.21. The first-order chi connectivity index (χ1) is 9.74. The Morgan fingerprint density at radius 2 is 2.00 bits per heavy atom. The number of nitrogens with zero attached hydrogens (tertiary/aromatic N) is 5. The number of anilines is 1. The molecule has 0 amide bonds. The van der Waals surface area contributed by atoms with E-state index in [2.05, 4.69) is 19.9 Å². The van der Waals surface area contributed by atoms with Crippen molar-refractivity contribution in [2.75, 3.05) is 36.9 Å². The molecule has 20 heavy (non-hydrogen) atoms. The zero-order chi connectivity index (χ0) is 13.9. The molecule has 1 fully saturated rings. The van der Waals surface area contributed by atoms with E-state index in [-0.39, 0.29) is 0 Å². The van der Waals surface area contributed by atoms with Crippen molar-refractivity contribution in [3.63, 3.8) is 0 Å². The van der Waals surface area contributed by atoms with E-state index in [0.717, 1.165) is 49.8 Å². The highest BCUT2D eigenvalue weighted by Gasteiger charge is 2.14. The molecule has 2 aromatic rings. The molecular weight excluding hydrogens is 276 g/mol. The molecule has 7 nitrogen and oxygen atoms in total. The predicted molar refractivity (Wildman–Crippen MR) is 78.7 cm³/mol. The van der Waals surface area contributed by atoms with Gasteiger partial charge in [-0.3, -0.25) is 4.21 Å². The van der Waals surface area contributed by atoms with Crippen LogP contribution >= 0.6 is 0 Å². The molecule has 0 aromatic carbocycles. The maximum Gasteiger partial charge on any atom is 0.165 e. The van der Waals surface area contributed by atoms with Gasteiger partial charge in [0.1, 0.15) is 11.8 Å². The monoisotopic (exact) mass is 294 g/mol. The van der Waals surface area contributed by atoms with E-state index in [1.54, 1.807) is 6.33 Å². The smallest absolute Gasteiger partial charge is 0.165 e. The van der Waals surface area contributed by atoms with Gasteiger partial charge in [-0.25, -0.2) is 15.0 Å². The van der Waals surface area contributed by atoms with Gasteiger partial charge in [-0.15, -0.1) is 0 Å². The number of rotatable bonds is 4. The summed E-state index contributed by atoms with van der Waals surface area (Å²) in [5.74, 6) is 2.03. The van der Waals surface area contributed by atoms with Crippen LogP contribution in [0, 0.1) is 0 Å². The second kappa shape index (κ2) is 5.84. The summed E-state index contributed by atoms with van der Waals surface area (Å²) in [5.41, 5.74) is 7.22. The van der Waals surface area contributed by atoms with Gasteiger partial charge in [-0.05, 0) is 13.0 Å². The molecule has 0 saturated carbocycles. The number of hydrogen-bond donors (Lipinski definition) is 1. The number of imidazole rings is 1. The highest BCUT2D eigenvalue weighted by molar-refractivity contribution is 7.85. The molecule has 1 aliphatic heterocycles. The van der Waals surface area contributed by atoms with Gasteiger partial charge in [-0.1, -0.05) is 0 Å². The fourth-order valence-electron chi connectivity index (χ4n) is 2.43. The average molecular weight is 294 g/mol. The Kier molecular flexibility index (Phi) is 3.93. The van der Waals surface area contributed by atoms with E-state index < -0.39 is 10.8 Å². The van der Waals surface area contributed by atoms with Gasteiger partial charge < -0.3 is 15.2 Å². The number of aryl methyl sites for hydroxylation is 1. The predicted octanol–water partition coefficient (Wildman–Crippen LogP) is -0.137. The third-order valence-corrected chi connectivity index (χ3v) is 4.85. The Bertz CT molecular complexity index is 617. The van der Waals surface area contributed by atoms with Gasteiger partial charge in [-0.2, -0.15) is 0 Å². The Hall–Kier alpha value is -1.54. The molecule has 0 atom stereocenters. The maximum absolute atomic E-state index is 11.3. The molecule has 1 saturated heterocycles. The number of nitrogen functional groups attached to an aromatic ring is 1. The van der Waals surface area contributed by atoms with E-state index in [1.807, 2.05) is 4.57 Å². The number of nitrogens with two attached hydrogens (primary N) is 1. The Morgan fingerprint density at radius 3 is 2.80 bits per heavy atom. The lowest BCUT2D eigenvalue weighted by Gasteiger charge is -2.25. The van der Waals surface area contributed by atoms with Crippen LogP contribution in [0.1, 0.15) is 6.42 Å². The van der Waals surface area contributed by atoms with E-state index in [9.17, 15) is 4.21 Å². The lowest BCUT2D eigenvalue weighted by molar-refractivity contribution is 0.289. The van der Waals surface area contributed by atoms with E-state index in [1.165, 1.54) is 6.33 Å². The molecule has 0 unspecified atom stereocenters. The van der Waals surface area contributed by atoms with Gasteiger partial charge in [0.2, 0.25) is 0 Å². The van der Waals surface area contributed by atoms with Crippen molar-refractivity contribution >= 4 is 27.8 Å². The molecule has 0 bridgehead atoms. The third-order valence-electron chi connectivity index (χ3n) is 3.57. The van der Waals surface area contributed by atoms with Crippen LogP contribution in [0.5, 0.6) is 0 Å². The number of hydrogen-bond acceptors (Lipinski definition) is 6. The van der Waals surface area contributed by atoms with Crippen molar-refractivity contribution < 1.29 is 4.21 Å². The van der Waals surface area contributed by atoms with Gasteiger partial charge >= 0.3 is 0 Å². The second-order valence-electron chi connectivity index (χ2n) is 4.91. The average Bonchev–Trinajstić information content (AvgIpc) is 2.86. The van der Waals surface area contributed by atoms with Gasteiger partial charge in [0, 0.05) is 41.9 Å². The molecule has 0 radical (unpaired) electrons. The SMILES string of the molecule is Nc1ncnc2c1ncn2CCCN1CCS(=O)CC1. The largest absolute Gasteiger partial charge is 0.382 e. The quantitative estimate of drug-likeness (QED) is 0.844. The Morgan fingerprint density at radius 1 is 1.20 bits per heavy atom. The van der Waals surface area contributed by atoms with Crippen LogP contribution < -0.4 is 5.73 Å². The molecule has 2 aromatic heterocycles. The summed E-state index contributed by atoms with van der Waals surface area (Å²) < 4.78 is 13.3. The van der Waals surface area contributed by atoms with E-state index in [4.69, 9.17) is 5.73 Å². The molecular formula is C12H18N6OS. The second-order valence-corrected chi connectivity index (χ2v) is 6.61. The van der Waals surface area contributed by atoms with Crippen molar-refractivity contribution in [3.05, 3.63) is 12.7 Å². The van der Waals surface area contributed by atoms with Crippen LogP contribution in [0.3, 0.4) is 0 Å². The molecule has 0 aliphatic carbocycles. The topological polar surface area (TPSA) is 89.9 Å². The first kappa shape index (κ1) is 13.4. The summed E-state index contributed by atoms with van der Waals surface area (Å²) in [5, 5.41) is 0. The maximum atomic E-state index is 11.3. The van der Waals surface area contributed by atoms with Crippen LogP contribution in [-0.4, -0.2) is 59.8 Å². The van der Waals surface area contributed by atoms with Crippen molar-refractivity contribution in [3.8, 4) is 0 Å². The third kappa shape index (κ3) is 2.80. The van der Waals surface area contributed by atoms with Crippen LogP contribution in [-0.2, 0) is 17.3 Å². The van der Waals surface area contributed by atoms with Gasteiger partial charge in [0.05, 0.1) is 6.33 Å². The molecule has 8 heteroatoms. The first-order valence-electron chi connectivity index (χ1n) is 6.72. The normalized spacial score (nSPS) is 17.8. The van der Waals surface area contributed by atoms with Crippen molar-refractivity contribution in [1.82, 2.24) is 24.4 Å². The minimum absolute atomic E-state index is 0.423. The zero-order valence-corrected chi connectivity index (χ0v) is 12.1. The summed E-state index contributed by atoms with van der Waals surface area (Å²) in [6.45, 7) is 3.74. The van der Waals surface area contributed by atoms with E-state index in [0.29, 0.717) is 11.3 Å². The standard InChI is InChI=1S/C12H18N6OS/c13-11-10-12(15-8-14-11)18(9-16-10)3-1-2-17-4-6-20(19)7-5-17/h8-9H,1-7H2,(H2,13,14,15). The minimum Gasteiger partial charge on any atom is -0.382 e. The van der Waals surface area contributed by atoms with Gasteiger partial charge in [0.15, 0.2) is 11.5 Å². The van der Waals surface area contributed by atoms with Crippen LogP contribution in [0.15, 0.2) is 12.7 Å². The molecule has 3 heterocycles. The summed E-state index contributed by atoms with van der Waals surface area (Å²) in [6, 6.07) is 0. The highest BCUT2D eigenvalue weighted by Crippen LogP contribution is 2.14. The molecule has 3 rings (SSSR count). The number of fused-ring (bicyclic) bond motifs is 1. The lowest BCUT2D eigenvalue weighted by atomic mass is 10.3. The summed E-state index contributed by atoms with van der Waals surface area (Å²) in [4.78, 5) is 14.8. The van der Waals surface area contributed by atoms with Crippen molar-refractivity contribution in [1.29, 1.82) is 0 Å². The lowest BCUT2D eigenvalue weighted by Crippen LogP contribution is -2.38. The fourth-order valence-corrected chi connectivity index (χ4v) is 3.55. The Balaban J connectivity index is 1.58. The minimum atomic E-state index is -0.605. The molecule has 108 valence electrons. The number of aromatic nitrogens is 4. The Labute approximate surface area is 119 Å². The van der Waals surface area contributed by atoms with Crippen molar-refractivity contribution in [2.24, 2.45) is 0 Å². The van der Waals surface area contributed by atoms with Crippen LogP contribution in [0.2, 0.25) is 0 Å². The molecule has 2 N–H and O–H groups in total. The molecule has 0 spiro atoms. The fraction of sp³-hybridized carbons (Fsp3) is 0.583. The van der Waals surface area contributed by atoms with Crippen molar-refractivity contribution in [2.45, 2.75) is 13.0 Å². The molecule has 1 aliphatic rings. The van der Waals surface area contributed by atoms with E-state index >= 15 is 0 Å². The summed E-state index contributed by atoms with van der Waals surface area (Å²) in [6.07, 6.45) is 4.25. The highest BCUT2D eigenvalue weighted by atomic mass is 32.2.